The standard InChI is InChI=1S/C19H17NO4/c1-9(2)14-12-7-8-13(14)16-15(12)17(21)20(18(16)22)11-5-3-10(4-6-11)19(23)24/h3-8,12-13,15-16H,1-2H3,(H,23,24)/t12-,13-,15-,16-/m0/s1. The molecule has 0 unspecified atom stereocenters. The van der Waals surface area contributed by atoms with Crippen LogP contribution in [0.25, 0.3) is 0 Å². The van der Waals surface area contributed by atoms with E-state index in [4.69, 9.17) is 5.11 Å². The fourth-order valence-electron chi connectivity index (χ4n) is 4.44. The Balaban J connectivity index is 1.71. The fraction of sp³-hybridized carbons (Fsp3) is 0.316. The largest absolute Gasteiger partial charge is 0.478 e. The minimum absolute atomic E-state index is 0.0183. The maximum Gasteiger partial charge on any atom is 0.335 e. The van der Waals surface area contributed by atoms with E-state index in [2.05, 4.69) is 12.2 Å². The normalized spacial score (nSPS) is 30.2. The molecule has 1 aromatic rings. The number of allylic oxidation sites excluding steroid dienone is 4. The number of imide groups is 1. The lowest BCUT2D eigenvalue weighted by molar-refractivity contribution is -0.122. The molecule has 2 bridgehead atoms. The van der Waals surface area contributed by atoms with Crippen LogP contribution in [0.5, 0.6) is 0 Å². The molecule has 2 fully saturated rings. The van der Waals surface area contributed by atoms with Crippen LogP contribution < -0.4 is 4.90 Å². The summed E-state index contributed by atoms with van der Waals surface area (Å²) in [6.07, 6.45) is 4.10. The number of amides is 2. The second-order valence-corrected chi connectivity index (χ2v) is 6.81. The number of carbonyl (C=O) groups is 3. The number of hydrogen-bond donors (Lipinski definition) is 1. The molecule has 4 rings (SSSR count). The molecule has 0 aromatic heterocycles. The second kappa shape index (κ2) is 4.90. The Morgan fingerprint density at radius 1 is 0.958 bits per heavy atom. The molecule has 2 amide bonds. The Labute approximate surface area is 139 Å². The van der Waals surface area contributed by atoms with Crippen molar-refractivity contribution < 1.29 is 19.5 Å². The van der Waals surface area contributed by atoms with Gasteiger partial charge in [0.15, 0.2) is 0 Å². The van der Waals surface area contributed by atoms with Crippen LogP contribution in [-0.2, 0) is 9.59 Å². The summed E-state index contributed by atoms with van der Waals surface area (Å²) in [6.45, 7) is 4.06. The number of anilines is 1. The molecule has 5 heteroatoms. The van der Waals surface area contributed by atoms with Crippen molar-refractivity contribution in [2.75, 3.05) is 4.90 Å². The van der Waals surface area contributed by atoms with E-state index >= 15 is 0 Å². The van der Waals surface area contributed by atoms with Crippen molar-refractivity contribution in [3.63, 3.8) is 0 Å². The SMILES string of the molecule is CC(C)=C1[C@@H]2C=C[C@@H]1[C@@H]1C(=O)N(c3ccc(C(=O)O)cc3)C(=O)[C@H]12. The highest BCUT2D eigenvalue weighted by Gasteiger charge is 2.61. The number of nitrogens with zero attached hydrogens (tertiary/aromatic N) is 1. The zero-order valence-corrected chi connectivity index (χ0v) is 13.4. The molecule has 24 heavy (non-hydrogen) atoms. The molecule has 2 aliphatic carbocycles. The first-order valence-corrected chi connectivity index (χ1v) is 7.98. The van der Waals surface area contributed by atoms with E-state index in [1.165, 1.54) is 40.3 Å². The van der Waals surface area contributed by atoms with Gasteiger partial charge in [0.05, 0.1) is 23.1 Å². The minimum atomic E-state index is -1.03. The lowest BCUT2D eigenvalue weighted by atomic mass is 9.85. The van der Waals surface area contributed by atoms with Gasteiger partial charge in [-0.1, -0.05) is 23.3 Å². The highest BCUT2D eigenvalue weighted by Crippen LogP contribution is 2.57. The molecule has 1 aromatic carbocycles. The van der Waals surface area contributed by atoms with Crippen LogP contribution in [0.4, 0.5) is 5.69 Å². The molecule has 1 saturated carbocycles. The topological polar surface area (TPSA) is 74.7 Å². The van der Waals surface area contributed by atoms with Crippen LogP contribution in [0.1, 0.15) is 24.2 Å². The van der Waals surface area contributed by atoms with Gasteiger partial charge in [0.1, 0.15) is 0 Å². The average molecular weight is 323 g/mol. The Kier molecular flexibility index (Phi) is 3.04. The average Bonchev–Trinajstić information content (AvgIpc) is 3.18. The van der Waals surface area contributed by atoms with Crippen molar-refractivity contribution in [1.82, 2.24) is 0 Å². The zero-order valence-electron chi connectivity index (χ0n) is 13.4. The summed E-state index contributed by atoms with van der Waals surface area (Å²) >= 11 is 0. The maximum absolute atomic E-state index is 12.9. The summed E-state index contributed by atoms with van der Waals surface area (Å²) in [5.74, 6) is -2.00. The predicted molar refractivity (Wildman–Crippen MR) is 87.4 cm³/mol. The molecule has 3 aliphatic rings. The van der Waals surface area contributed by atoms with E-state index in [-0.39, 0.29) is 41.0 Å². The first-order valence-electron chi connectivity index (χ1n) is 7.98. The first-order chi connectivity index (χ1) is 11.4. The van der Waals surface area contributed by atoms with Gasteiger partial charge in [0.2, 0.25) is 11.8 Å². The third kappa shape index (κ3) is 1.78. The fourth-order valence-corrected chi connectivity index (χ4v) is 4.44. The van der Waals surface area contributed by atoms with Crippen LogP contribution in [0.15, 0.2) is 47.6 Å². The number of carbonyl (C=O) groups excluding carboxylic acids is 2. The lowest BCUT2D eigenvalue weighted by Crippen LogP contribution is -2.33. The molecule has 0 radical (unpaired) electrons. The second-order valence-electron chi connectivity index (χ2n) is 6.81. The summed E-state index contributed by atoms with van der Waals surface area (Å²) in [6, 6.07) is 5.89. The highest BCUT2D eigenvalue weighted by molar-refractivity contribution is 6.23. The molecular formula is C19H17NO4. The van der Waals surface area contributed by atoms with E-state index in [0.717, 1.165) is 0 Å². The van der Waals surface area contributed by atoms with E-state index in [9.17, 15) is 14.4 Å². The van der Waals surface area contributed by atoms with Gasteiger partial charge in [-0.2, -0.15) is 0 Å². The Hall–Kier alpha value is -2.69. The maximum atomic E-state index is 12.9. The number of hydrogen-bond acceptors (Lipinski definition) is 3. The summed E-state index contributed by atoms with van der Waals surface area (Å²) < 4.78 is 0. The Bertz CT molecular complexity index is 795. The Morgan fingerprint density at radius 3 is 1.88 bits per heavy atom. The zero-order chi connectivity index (χ0) is 17.2. The van der Waals surface area contributed by atoms with E-state index < -0.39 is 5.97 Å². The number of aromatic carboxylic acids is 1. The van der Waals surface area contributed by atoms with Gasteiger partial charge < -0.3 is 5.11 Å². The molecular weight excluding hydrogens is 306 g/mol. The lowest BCUT2D eigenvalue weighted by Gasteiger charge is -2.19. The predicted octanol–water partition coefficient (Wildman–Crippen LogP) is 2.64. The van der Waals surface area contributed by atoms with Gasteiger partial charge >= 0.3 is 5.97 Å². The van der Waals surface area contributed by atoms with Gasteiger partial charge in [-0.25, -0.2) is 9.69 Å². The van der Waals surface area contributed by atoms with E-state index in [1.807, 2.05) is 13.8 Å². The monoisotopic (exact) mass is 323 g/mol. The molecule has 1 heterocycles. The van der Waals surface area contributed by atoms with Crippen molar-refractivity contribution in [3.8, 4) is 0 Å². The number of carboxylic acid groups (broad SMARTS) is 1. The molecule has 1 N–H and O–H groups in total. The highest BCUT2D eigenvalue weighted by atomic mass is 16.4. The third-order valence-corrected chi connectivity index (χ3v) is 5.37. The van der Waals surface area contributed by atoms with Crippen molar-refractivity contribution in [2.24, 2.45) is 23.7 Å². The number of benzene rings is 1. The number of fused-ring (bicyclic) bond motifs is 5. The van der Waals surface area contributed by atoms with Gasteiger partial charge in [-0.05, 0) is 38.1 Å². The van der Waals surface area contributed by atoms with E-state index in [0.29, 0.717) is 5.69 Å². The van der Waals surface area contributed by atoms with E-state index in [1.54, 1.807) is 0 Å². The summed E-state index contributed by atoms with van der Waals surface area (Å²) in [5.41, 5.74) is 2.98. The van der Waals surface area contributed by atoms with Crippen LogP contribution in [0.2, 0.25) is 0 Å². The molecule has 4 atom stereocenters. The summed E-state index contributed by atoms with van der Waals surface area (Å²) in [5, 5.41) is 8.97. The van der Waals surface area contributed by atoms with Crippen molar-refractivity contribution in [2.45, 2.75) is 13.8 Å². The van der Waals surface area contributed by atoms with Gasteiger partial charge in [-0.3, -0.25) is 9.59 Å². The van der Waals surface area contributed by atoms with Gasteiger partial charge in [0, 0.05) is 11.8 Å². The van der Waals surface area contributed by atoms with Gasteiger partial charge in [-0.15, -0.1) is 0 Å². The first kappa shape index (κ1) is 14.9. The smallest absolute Gasteiger partial charge is 0.335 e. The quantitative estimate of drug-likeness (QED) is 0.670. The third-order valence-electron chi connectivity index (χ3n) is 5.37. The molecule has 0 spiro atoms. The van der Waals surface area contributed by atoms with Crippen molar-refractivity contribution in [1.29, 1.82) is 0 Å². The van der Waals surface area contributed by atoms with Crippen molar-refractivity contribution in [3.05, 3.63) is 53.1 Å². The number of rotatable bonds is 2. The molecule has 5 nitrogen and oxygen atoms in total. The number of carboxylic acids is 1. The summed E-state index contributed by atoms with van der Waals surface area (Å²) in [4.78, 5) is 38.0. The van der Waals surface area contributed by atoms with Crippen molar-refractivity contribution >= 4 is 23.5 Å². The van der Waals surface area contributed by atoms with Gasteiger partial charge in [0.25, 0.3) is 0 Å². The van der Waals surface area contributed by atoms with Crippen LogP contribution >= 0.6 is 0 Å². The van der Waals surface area contributed by atoms with Crippen LogP contribution in [-0.4, -0.2) is 22.9 Å². The molecule has 122 valence electrons. The van der Waals surface area contributed by atoms with Crippen LogP contribution in [0.3, 0.4) is 0 Å². The molecule has 1 aliphatic heterocycles. The molecule has 1 saturated heterocycles. The summed E-state index contributed by atoms with van der Waals surface area (Å²) in [7, 11) is 0. The van der Waals surface area contributed by atoms with Crippen LogP contribution in [0, 0.1) is 23.7 Å². The minimum Gasteiger partial charge on any atom is -0.478 e. The Morgan fingerprint density at radius 2 is 1.46 bits per heavy atom.